The van der Waals surface area contributed by atoms with Gasteiger partial charge in [-0.1, -0.05) is 24.3 Å². The van der Waals surface area contributed by atoms with Gasteiger partial charge in [0.2, 0.25) is 0 Å². The Morgan fingerprint density at radius 2 is 1.85 bits per heavy atom. The van der Waals surface area contributed by atoms with E-state index >= 15 is 0 Å². The highest BCUT2D eigenvalue weighted by molar-refractivity contribution is 5.32. The Hall–Kier alpha value is -0.860. The van der Waals surface area contributed by atoms with Gasteiger partial charge in [0.15, 0.2) is 0 Å². The lowest BCUT2D eigenvalue weighted by atomic mass is 9.99. The first kappa shape index (κ1) is 8.73. The van der Waals surface area contributed by atoms with Crippen LogP contribution in [0.1, 0.15) is 11.1 Å². The molecule has 1 unspecified atom stereocenters. The molecule has 0 aromatic heterocycles. The summed E-state index contributed by atoms with van der Waals surface area (Å²) in [6.07, 6.45) is 1.62. The van der Waals surface area contributed by atoms with Crippen LogP contribution in [0.25, 0.3) is 0 Å². The van der Waals surface area contributed by atoms with Crippen molar-refractivity contribution in [3.05, 3.63) is 35.4 Å². The molecule has 1 aromatic carbocycles. The van der Waals surface area contributed by atoms with Crippen LogP contribution < -0.4 is 5.73 Å². The smallest absolute Gasteiger partial charge is 0.0696 e. The predicted octanol–water partition coefficient (Wildman–Crippen LogP) is 0.721. The molecule has 0 spiro atoms. The van der Waals surface area contributed by atoms with Gasteiger partial charge >= 0.3 is 0 Å². The summed E-state index contributed by atoms with van der Waals surface area (Å²) in [6.45, 7) is 0.374. The van der Waals surface area contributed by atoms with Crippen molar-refractivity contribution in [3.8, 4) is 0 Å². The Bertz CT molecular complexity index is 273. The Labute approximate surface area is 78.4 Å². The van der Waals surface area contributed by atoms with E-state index < -0.39 is 0 Å². The fourth-order valence-electron chi connectivity index (χ4n) is 2.06. The Kier molecular flexibility index (Phi) is 2.34. The second kappa shape index (κ2) is 3.48. The molecule has 0 amide bonds. The largest absolute Gasteiger partial charge is 0.391 e. The quantitative estimate of drug-likeness (QED) is 0.699. The van der Waals surface area contributed by atoms with Crippen LogP contribution in [0.3, 0.4) is 0 Å². The molecule has 1 aliphatic rings. The number of hydrogen-bond acceptors (Lipinski definition) is 2. The number of fused-ring (bicyclic) bond motifs is 1. The standard InChI is InChI=1S/C11H15NO/c12-7-11(13)10-5-8-3-1-2-4-9(8)6-10/h1-4,10-11,13H,5-7,12H2. The zero-order valence-electron chi connectivity index (χ0n) is 7.61. The third kappa shape index (κ3) is 1.60. The highest BCUT2D eigenvalue weighted by Gasteiger charge is 2.25. The van der Waals surface area contributed by atoms with Crippen LogP contribution in [-0.4, -0.2) is 17.8 Å². The highest BCUT2D eigenvalue weighted by Crippen LogP contribution is 2.28. The monoisotopic (exact) mass is 177 g/mol. The Morgan fingerprint density at radius 1 is 1.31 bits per heavy atom. The van der Waals surface area contributed by atoms with Gasteiger partial charge in [0, 0.05) is 6.54 Å². The number of hydrogen-bond donors (Lipinski definition) is 2. The van der Waals surface area contributed by atoms with Crippen LogP contribution in [0.15, 0.2) is 24.3 Å². The molecule has 0 fully saturated rings. The zero-order valence-corrected chi connectivity index (χ0v) is 7.61. The molecule has 2 nitrogen and oxygen atoms in total. The maximum atomic E-state index is 9.60. The summed E-state index contributed by atoms with van der Waals surface area (Å²) in [5.74, 6) is 0.336. The van der Waals surface area contributed by atoms with Crippen LogP contribution in [0.2, 0.25) is 0 Å². The molecule has 0 saturated carbocycles. The highest BCUT2D eigenvalue weighted by atomic mass is 16.3. The minimum atomic E-state index is -0.340. The maximum Gasteiger partial charge on any atom is 0.0696 e. The topological polar surface area (TPSA) is 46.2 Å². The average molecular weight is 177 g/mol. The first-order chi connectivity index (χ1) is 6.31. The van der Waals surface area contributed by atoms with E-state index in [9.17, 15) is 5.11 Å². The molecule has 1 atom stereocenters. The van der Waals surface area contributed by atoms with E-state index in [0.29, 0.717) is 12.5 Å². The van der Waals surface area contributed by atoms with Gasteiger partial charge in [-0.25, -0.2) is 0 Å². The summed E-state index contributed by atoms with van der Waals surface area (Å²) in [6, 6.07) is 8.38. The van der Waals surface area contributed by atoms with Crippen molar-refractivity contribution in [1.82, 2.24) is 0 Å². The molecule has 0 aliphatic heterocycles. The van der Waals surface area contributed by atoms with Crippen molar-refractivity contribution in [1.29, 1.82) is 0 Å². The lowest BCUT2D eigenvalue weighted by Gasteiger charge is -2.14. The van der Waals surface area contributed by atoms with E-state index in [1.54, 1.807) is 0 Å². The van der Waals surface area contributed by atoms with E-state index in [4.69, 9.17) is 5.73 Å². The minimum Gasteiger partial charge on any atom is -0.391 e. The molecular formula is C11H15NO. The van der Waals surface area contributed by atoms with Gasteiger partial charge in [-0.3, -0.25) is 0 Å². The second-order valence-corrected chi connectivity index (χ2v) is 3.74. The molecule has 0 heterocycles. The molecule has 0 saturated heterocycles. The van der Waals surface area contributed by atoms with Crippen molar-refractivity contribution in [3.63, 3.8) is 0 Å². The molecule has 2 heteroatoms. The Balaban J connectivity index is 2.14. The van der Waals surface area contributed by atoms with Gasteiger partial charge < -0.3 is 10.8 Å². The summed E-state index contributed by atoms with van der Waals surface area (Å²) < 4.78 is 0. The third-order valence-corrected chi connectivity index (χ3v) is 2.87. The molecule has 0 bridgehead atoms. The van der Waals surface area contributed by atoms with Gasteiger partial charge in [0.05, 0.1) is 6.10 Å². The first-order valence-electron chi connectivity index (χ1n) is 4.76. The zero-order chi connectivity index (χ0) is 9.26. The van der Waals surface area contributed by atoms with E-state index in [-0.39, 0.29) is 6.10 Å². The number of aliphatic hydroxyl groups excluding tert-OH is 1. The van der Waals surface area contributed by atoms with Crippen LogP contribution in [0.4, 0.5) is 0 Å². The number of benzene rings is 1. The summed E-state index contributed by atoms with van der Waals surface area (Å²) in [4.78, 5) is 0. The molecular weight excluding hydrogens is 162 g/mol. The third-order valence-electron chi connectivity index (χ3n) is 2.87. The lowest BCUT2D eigenvalue weighted by molar-refractivity contribution is 0.120. The van der Waals surface area contributed by atoms with Crippen molar-refractivity contribution in [2.75, 3.05) is 6.54 Å². The molecule has 2 rings (SSSR count). The maximum absolute atomic E-state index is 9.60. The van der Waals surface area contributed by atoms with Crippen molar-refractivity contribution in [2.24, 2.45) is 11.7 Å². The predicted molar refractivity (Wildman–Crippen MR) is 52.4 cm³/mol. The summed E-state index contributed by atoms with van der Waals surface area (Å²) in [7, 11) is 0. The molecule has 1 aliphatic carbocycles. The van der Waals surface area contributed by atoms with Crippen molar-refractivity contribution < 1.29 is 5.11 Å². The molecule has 13 heavy (non-hydrogen) atoms. The summed E-state index contributed by atoms with van der Waals surface area (Å²) in [5, 5.41) is 9.60. The van der Waals surface area contributed by atoms with Gasteiger partial charge in [0.1, 0.15) is 0 Å². The lowest BCUT2D eigenvalue weighted by Crippen LogP contribution is -2.29. The van der Waals surface area contributed by atoms with Crippen LogP contribution >= 0.6 is 0 Å². The van der Waals surface area contributed by atoms with E-state index in [2.05, 4.69) is 24.3 Å². The van der Waals surface area contributed by atoms with Crippen LogP contribution in [0.5, 0.6) is 0 Å². The van der Waals surface area contributed by atoms with Crippen LogP contribution in [-0.2, 0) is 12.8 Å². The minimum absolute atomic E-state index is 0.336. The summed E-state index contributed by atoms with van der Waals surface area (Å²) >= 11 is 0. The number of rotatable bonds is 2. The molecule has 70 valence electrons. The van der Waals surface area contributed by atoms with Gasteiger partial charge in [-0.2, -0.15) is 0 Å². The second-order valence-electron chi connectivity index (χ2n) is 3.74. The van der Waals surface area contributed by atoms with Crippen LogP contribution in [0, 0.1) is 5.92 Å². The van der Waals surface area contributed by atoms with E-state index in [1.807, 2.05) is 0 Å². The van der Waals surface area contributed by atoms with Crippen molar-refractivity contribution in [2.45, 2.75) is 18.9 Å². The van der Waals surface area contributed by atoms with Gasteiger partial charge in [-0.15, -0.1) is 0 Å². The normalized spacial score (nSPS) is 18.6. The van der Waals surface area contributed by atoms with E-state index in [1.165, 1.54) is 11.1 Å². The SMILES string of the molecule is NCC(O)C1Cc2ccccc2C1. The fraction of sp³-hybridized carbons (Fsp3) is 0.455. The van der Waals surface area contributed by atoms with Crippen molar-refractivity contribution >= 4 is 0 Å². The number of aliphatic hydroxyl groups is 1. The average Bonchev–Trinajstić information content (AvgIpc) is 2.59. The fourth-order valence-corrected chi connectivity index (χ4v) is 2.06. The Morgan fingerprint density at radius 3 is 2.31 bits per heavy atom. The molecule has 3 N–H and O–H groups in total. The number of nitrogens with two attached hydrogens (primary N) is 1. The van der Waals surface area contributed by atoms with Gasteiger partial charge in [0.25, 0.3) is 0 Å². The molecule has 0 radical (unpaired) electrons. The van der Waals surface area contributed by atoms with E-state index in [0.717, 1.165) is 12.8 Å². The van der Waals surface area contributed by atoms with Gasteiger partial charge in [-0.05, 0) is 29.9 Å². The molecule has 1 aromatic rings. The summed E-state index contributed by atoms with van der Waals surface area (Å²) in [5.41, 5.74) is 8.19. The first-order valence-corrected chi connectivity index (χ1v) is 4.76.